The standard InChI is InChI=1S/C12H10ClN3/c13-5-12-7-15-9-16(12)8-11-3-1-10(6-14)2-4-11/h1-4,7,9H,5,8H2. The lowest BCUT2D eigenvalue weighted by atomic mass is 10.1. The van der Waals surface area contributed by atoms with E-state index in [-0.39, 0.29) is 0 Å². The van der Waals surface area contributed by atoms with Gasteiger partial charge in [0.2, 0.25) is 0 Å². The minimum absolute atomic E-state index is 0.455. The highest BCUT2D eigenvalue weighted by Gasteiger charge is 2.01. The van der Waals surface area contributed by atoms with Crippen molar-refractivity contribution in [3.63, 3.8) is 0 Å². The first-order valence-corrected chi connectivity index (χ1v) is 5.41. The van der Waals surface area contributed by atoms with E-state index in [1.54, 1.807) is 12.5 Å². The van der Waals surface area contributed by atoms with Crippen LogP contribution in [0.3, 0.4) is 0 Å². The Bertz CT molecular complexity index is 508. The molecule has 0 bridgehead atoms. The molecule has 80 valence electrons. The normalized spacial score (nSPS) is 10.0. The van der Waals surface area contributed by atoms with Crippen molar-refractivity contribution in [2.24, 2.45) is 0 Å². The summed E-state index contributed by atoms with van der Waals surface area (Å²) in [4.78, 5) is 4.05. The van der Waals surface area contributed by atoms with Crippen LogP contribution in [0.5, 0.6) is 0 Å². The summed E-state index contributed by atoms with van der Waals surface area (Å²) in [5.74, 6) is 0.455. The summed E-state index contributed by atoms with van der Waals surface area (Å²) in [5, 5.41) is 8.68. The molecule has 1 aromatic heterocycles. The van der Waals surface area contributed by atoms with Gasteiger partial charge in [-0.25, -0.2) is 4.98 Å². The maximum atomic E-state index is 8.68. The Balaban J connectivity index is 2.18. The van der Waals surface area contributed by atoms with Crippen LogP contribution in [0.4, 0.5) is 0 Å². The van der Waals surface area contributed by atoms with Gasteiger partial charge in [-0.2, -0.15) is 5.26 Å². The number of hydrogen-bond acceptors (Lipinski definition) is 2. The number of alkyl halides is 1. The number of benzene rings is 1. The van der Waals surface area contributed by atoms with E-state index in [0.29, 0.717) is 11.4 Å². The Morgan fingerprint density at radius 2 is 2.06 bits per heavy atom. The number of nitrogens with zero attached hydrogens (tertiary/aromatic N) is 3. The summed E-state index contributed by atoms with van der Waals surface area (Å²) in [5.41, 5.74) is 2.79. The third-order valence-electron chi connectivity index (χ3n) is 2.37. The van der Waals surface area contributed by atoms with E-state index < -0.39 is 0 Å². The smallest absolute Gasteiger partial charge is 0.0991 e. The molecule has 0 aliphatic carbocycles. The Hall–Kier alpha value is -1.79. The summed E-state index contributed by atoms with van der Waals surface area (Å²) in [7, 11) is 0. The van der Waals surface area contributed by atoms with Gasteiger partial charge in [0.15, 0.2) is 0 Å². The van der Waals surface area contributed by atoms with Crippen molar-refractivity contribution in [2.75, 3.05) is 0 Å². The average molecular weight is 232 g/mol. The zero-order valence-electron chi connectivity index (χ0n) is 8.60. The number of imidazole rings is 1. The monoisotopic (exact) mass is 231 g/mol. The van der Waals surface area contributed by atoms with Gasteiger partial charge in [0.05, 0.1) is 29.5 Å². The molecule has 4 heteroatoms. The molecule has 0 aliphatic rings. The van der Waals surface area contributed by atoms with Crippen molar-refractivity contribution < 1.29 is 0 Å². The second kappa shape index (κ2) is 4.82. The van der Waals surface area contributed by atoms with E-state index in [1.165, 1.54) is 0 Å². The van der Waals surface area contributed by atoms with Crippen molar-refractivity contribution in [1.29, 1.82) is 5.26 Å². The van der Waals surface area contributed by atoms with Gasteiger partial charge in [-0.3, -0.25) is 0 Å². The minimum atomic E-state index is 0.455. The molecule has 3 nitrogen and oxygen atoms in total. The lowest BCUT2D eigenvalue weighted by Gasteiger charge is -2.05. The quantitative estimate of drug-likeness (QED) is 0.762. The van der Waals surface area contributed by atoms with Crippen LogP contribution in [0.15, 0.2) is 36.8 Å². The summed E-state index contributed by atoms with van der Waals surface area (Å²) in [6.07, 6.45) is 3.52. The molecule has 0 aliphatic heterocycles. The number of rotatable bonds is 3. The number of aromatic nitrogens is 2. The SMILES string of the molecule is N#Cc1ccc(Cn2cncc2CCl)cc1. The van der Waals surface area contributed by atoms with E-state index in [4.69, 9.17) is 16.9 Å². The van der Waals surface area contributed by atoms with Crippen molar-refractivity contribution in [1.82, 2.24) is 9.55 Å². The van der Waals surface area contributed by atoms with E-state index in [9.17, 15) is 0 Å². The summed E-state index contributed by atoms with van der Waals surface area (Å²) >= 11 is 5.78. The molecule has 0 unspecified atom stereocenters. The molecule has 16 heavy (non-hydrogen) atoms. The van der Waals surface area contributed by atoms with E-state index >= 15 is 0 Å². The topological polar surface area (TPSA) is 41.6 Å². The van der Waals surface area contributed by atoms with E-state index in [0.717, 1.165) is 17.8 Å². The molecule has 0 spiro atoms. The fourth-order valence-electron chi connectivity index (χ4n) is 1.48. The first kappa shape index (κ1) is 10.7. The molecule has 0 saturated heterocycles. The first-order chi connectivity index (χ1) is 7.83. The van der Waals surface area contributed by atoms with Gasteiger partial charge in [-0.15, -0.1) is 11.6 Å². The molecule has 2 rings (SSSR count). The fraction of sp³-hybridized carbons (Fsp3) is 0.167. The van der Waals surface area contributed by atoms with Crippen LogP contribution < -0.4 is 0 Å². The van der Waals surface area contributed by atoms with Crippen LogP contribution in [0.25, 0.3) is 0 Å². The largest absolute Gasteiger partial charge is 0.329 e. The van der Waals surface area contributed by atoms with E-state index in [2.05, 4.69) is 11.1 Å². The summed E-state index contributed by atoms with van der Waals surface area (Å²) < 4.78 is 1.99. The zero-order chi connectivity index (χ0) is 11.4. The lowest BCUT2D eigenvalue weighted by molar-refractivity contribution is 0.765. The molecular weight excluding hydrogens is 222 g/mol. The molecule has 0 amide bonds. The third-order valence-corrected chi connectivity index (χ3v) is 2.65. The van der Waals surface area contributed by atoms with E-state index in [1.807, 2.05) is 28.8 Å². The maximum absolute atomic E-state index is 8.68. The van der Waals surface area contributed by atoms with Gasteiger partial charge in [-0.1, -0.05) is 12.1 Å². The lowest BCUT2D eigenvalue weighted by Crippen LogP contribution is -2.01. The zero-order valence-corrected chi connectivity index (χ0v) is 9.35. The van der Waals surface area contributed by atoms with Crippen LogP contribution in [0, 0.1) is 11.3 Å². The van der Waals surface area contributed by atoms with Gasteiger partial charge < -0.3 is 4.57 Å². The Kier molecular flexibility index (Phi) is 3.23. The summed E-state index contributed by atoms with van der Waals surface area (Å²) in [6.45, 7) is 0.730. The predicted octanol–water partition coefficient (Wildman–Crippen LogP) is 2.54. The fourth-order valence-corrected chi connectivity index (χ4v) is 1.71. The van der Waals surface area contributed by atoms with Crippen LogP contribution in [-0.2, 0) is 12.4 Å². The van der Waals surface area contributed by atoms with Crippen LogP contribution in [0.1, 0.15) is 16.8 Å². The molecular formula is C12H10ClN3. The highest BCUT2D eigenvalue weighted by atomic mass is 35.5. The van der Waals surface area contributed by atoms with Gasteiger partial charge >= 0.3 is 0 Å². The molecule has 1 aromatic carbocycles. The molecule has 0 fully saturated rings. The number of hydrogen-bond donors (Lipinski definition) is 0. The van der Waals surface area contributed by atoms with Crippen molar-refractivity contribution in [3.05, 3.63) is 53.6 Å². The van der Waals surface area contributed by atoms with Gasteiger partial charge in [0.1, 0.15) is 0 Å². The highest BCUT2D eigenvalue weighted by Crippen LogP contribution is 2.09. The molecule has 0 N–H and O–H groups in total. The van der Waals surface area contributed by atoms with Crippen LogP contribution >= 0.6 is 11.6 Å². The Labute approximate surface area is 98.9 Å². The number of nitriles is 1. The Morgan fingerprint density at radius 1 is 1.31 bits per heavy atom. The van der Waals surface area contributed by atoms with Gasteiger partial charge in [-0.05, 0) is 17.7 Å². The highest BCUT2D eigenvalue weighted by molar-refractivity contribution is 6.16. The summed E-state index contributed by atoms with van der Waals surface area (Å²) in [6, 6.07) is 9.60. The predicted molar refractivity (Wildman–Crippen MR) is 62.0 cm³/mol. The third kappa shape index (κ3) is 2.23. The molecule has 0 radical (unpaired) electrons. The molecule has 1 heterocycles. The second-order valence-corrected chi connectivity index (χ2v) is 3.72. The van der Waals surface area contributed by atoms with Crippen LogP contribution in [-0.4, -0.2) is 9.55 Å². The second-order valence-electron chi connectivity index (χ2n) is 3.46. The van der Waals surface area contributed by atoms with Crippen molar-refractivity contribution in [2.45, 2.75) is 12.4 Å². The number of halogens is 1. The minimum Gasteiger partial charge on any atom is -0.329 e. The van der Waals surface area contributed by atoms with Crippen molar-refractivity contribution >= 4 is 11.6 Å². The average Bonchev–Trinajstić information content (AvgIpc) is 2.77. The molecule has 2 aromatic rings. The Morgan fingerprint density at radius 3 is 2.69 bits per heavy atom. The van der Waals surface area contributed by atoms with Gasteiger partial charge in [0, 0.05) is 12.7 Å². The van der Waals surface area contributed by atoms with Gasteiger partial charge in [0.25, 0.3) is 0 Å². The first-order valence-electron chi connectivity index (χ1n) is 4.87. The van der Waals surface area contributed by atoms with Crippen molar-refractivity contribution in [3.8, 4) is 6.07 Å². The molecule has 0 atom stereocenters. The van der Waals surface area contributed by atoms with Crippen LogP contribution in [0.2, 0.25) is 0 Å². The molecule has 0 saturated carbocycles. The maximum Gasteiger partial charge on any atom is 0.0991 e.